The van der Waals surface area contributed by atoms with Crippen LogP contribution in [0.5, 0.6) is 0 Å². The van der Waals surface area contributed by atoms with E-state index < -0.39 is 0 Å². The number of hydrogen-bond donors (Lipinski definition) is 3. The molecule has 0 saturated carbocycles. The molecule has 0 aliphatic rings. The van der Waals surface area contributed by atoms with Crippen LogP contribution in [-0.4, -0.2) is 18.4 Å². The van der Waals surface area contributed by atoms with Crippen LogP contribution in [0.2, 0.25) is 0 Å². The van der Waals surface area contributed by atoms with E-state index in [1.54, 1.807) is 26.3 Å². The number of hydrazone groups is 2. The predicted molar refractivity (Wildman–Crippen MR) is 42.3 cm³/mol. The normalized spacial score (nSPS) is 10.6. The lowest BCUT2D eigenvalue weighted by molar-refractivity contribution is 0.891. The van der Waals surface area contributed by atoms with Gasteiger partial charge in [0.1, 0.15) is 0 Å². The number of rotatable bonds is 2. The zero-order valence-corrected chi connectivity index (χ0v) is 6.05. The summed E-state index contributed by atoms with van der Waals surface area (Å²) in [5.74, 6) is 0.0520. The highest BCUT2D eigenvalue weighted by atomic mass is 15.4. The van der Waals surface area contributed by atoms with Crippen LogP contribution < -0.4 is 10.9 Å². The van der Waals surface area contributed by atoms with E-state index in [0.717, 1.165) is 0 Å². The zero-order chi connectivity index (χ0) is 7.82. The van der Waals surface area contributed by atoms with Crippen molar-refractivity contribution in [3.05, 3.63) is 0 Å². The summed E-state index contributed by atoms with van der Waals surface area (Å²) in [5, 5.41) is 14.2. The first-order chi connectivity index (χ1) is 4.81. The van der Waals surface area contributed by atoms with Crippen molar-refractivity contribution in [3.8, 4) is 0 Å². The van der Waals surface area contributed by atoms with Gasteiger partial charge in [0.25, 0.3) is 0 Å². The van der Waals surface area contributed by atoms with Crippen molar-refractivity contribution >= 4 is 18.4 Å². The molecule has 0 unspecified atom stereocenters. The van der Waals surface area contributed by atoms with Gasteiger partial charge in [0.15, 0.2) is 0 Å². The molecule has 0 spiro atoms. The molecule has 0 aromatic rings. The first kappa shape index (κ1) is 8.61. The quantitative estimate of drug-likeness (QED) is 0.290. The highest BCUT2D eigenvalue weighted by molar-refractivity contribution is 5.77. The molecule has 0 fully saturated rings. The van der Waals surface area contributed by atoms with Crippen LogP contribution in [0.1, 0.15) is 13.8 Å². The van der Waals surface area contributed by atoms with Crippen LogP contribution in [0.4, 0.5) is 0 Å². The third kappa shape index (κ3) is 4.76. The van der Waals surface area contributed by atoms with Gasteiger partial charge in [-0.1, -0.05) is 0 Å². The van der Waals surface area contributed by atoms with Crippen LogP contribution in [0.25, 0.3) is 0 Å². The Morgan fingerprint density at radius 3 is 1.90 bits per heavy atom. The van der Waals surface area contributed by atoms with E-state index in [-0.39, 0.29) is 5.96 Å². The van der Waals surface area contributed by atoms with Crippen molar-refractivity contribution in [3.63, 3.8) is 0 Å². The Balaban J connectivity index is 3.44. The third-order valence-corrected chi connectivity index (χ3v) is 0.611. The van der Waals surface area contributed by atoms with Crippen molar-refractivity contribution in [1.29, 1.82) is 5.41 Å². The first-order valence-electron chi connectivity index (χ1n) is 2.87. The van der Waals surface area contributed by atoms with Gasteiger partial charge in [0.2, 0.25) is 5.96 Å². The van der Waals surface area contributed by atoms with Crippen molar-refractivity contribution in [2.24, 2.45) is 10.2 Å². The van der Waals surface area contributed by atoms with E-state index in [9.17, 15) is 0 Å². The fourth-order valence-corrected chi connectivity index (χ4v) is 0.283. The minimum absolute atomic E-state index is 0.0520. The summed E-state index contributed by atoms with van der Waals surface area (Å²) in [6.07, 6.45) is 3.10. The van der Waals surface area contributed by atoms with Crippen LogP contribution in [0.3, 0.4) is 0 Å². The maximum absolute atomic E-state index is 7.05. The molecule has 56 valence electrons. The molecule has 5 nitrogen and oxygen atoms in total. The van der Waals surface area contributed by atoms with E-state index in [1.165, 1.54) is 0 Å². The molecule has 0 aromatic carbocycles. The first-order valence-corrected chi connectivity index (χ1v) is 2.87. The van der Waals surface area contributed by atoms with E-state index in [1.807, 2.05) is 0 Å². The highest BCUT2D eigenvalue weighted by Crippen LogP contribution is 1.60. The van der Waals surface area contributed by atoms with Gasteiger partial charge in [0.05, 0.1) is 0 Å². The van der Waals surface area contributed by atoms with Crippen molar-refractivity contribution in [2.75, 3.05) is 0 Å². The van der Waals surface area contributed by atoms with Gasteiger partial charge >= 0.3 is 0 Å². The fraction of sp³-hybridized carbons (Fsp3) is 0.400. The molecule has 0 rings (SSSR count). The zero-order valence-electron chi connectivity index (χ0n) is 6.05. The summed E-state index contributed by atoms with van der Waals surface area (Å²) in [6, 6.07) is 0. The second-order valence-electron chi connectivity index (χ2n) is 1.37. The number of nitrogens with zero attached hydrogens (tertiary/aromatic N) is 2. The van der Waals surface area contributed by atoms with Crippen LogP contribution in [0, 0.1) is 5.41 Å². The number of guanidine groups is 1. The average molecular weight is 141 g/mol. The Kier molecular flexibility index (Phi) is 4.94. The lowest BCUT2D eigenvalue weighted by Crippen LogP contribution is -2.29. The smallest absolute Gasteiger partial charge is 0.230 e. The van der Waals surface area contributed by atoms with Gasteiger partial charge in [0, 0.05) is 12.4 Å². The van der Waals surface area contributed by atoms with Gasteiger partial charge in [-0.2, -0.15) is 10.2 Å². The molecule has 0 aromatic heterocycles. The molecule has 0 aliphatic heterocycles. The van der Waals surface area contributed by atoms with E-state index >= 15 is 0 Å². The molecule has 3 N–H and O–H groups in total. The topological polar surface area (TPSA) is 72.6 Å². The van der Waals surface area contributed by atoms with Crippen molar-refractivity contribution in [1.82, 2.24) is 10.9 Å². The maximum Gasteiger partial charge on any atom is 0.230 e. The van der Waals surface area contributed by atoms with Crippen molar-refractivity contribution < 1.29 is 0 Å². The molecule has 0 aliphatic carbocycles. The van der Waals surface area contributed by atoms with Gasteiger partial charge in [-0.05, 0) is 13.8 Å². The average Bonchev–Trinajstić information content (AvgIpc) is 1.97. The standard InChI is InChI=1S/C5H11N5/c1-3-7-9-5(6)10-8-4-2/h3-4H,1-2H3,(H3,6,9,10)/b7-3-,8-4-. The van der Waals surface area contributed by atoms with E-state index in [4.69, 9.17) is 5.41 Å². The van der Waals surface area contributed by atoms with Crippen LogP contribution in [0.15, 0.2) is 10.2 Å². The Bertz CT molecular complexity index is 132. The summed E-state index contributed by atoms with van der Waals surface area (Å²) in [6.45, 7) is 3.51. The number of nitrogens with one attached hydrogen (secondary N) is 3. The molecule has 0 radical (unpaired) electrons. The summed E-state index contributed by atoms with van der Waals surface area (Å²) < 4.78 is 0. The minimum atomic E-state index is 0.0520. The highest BCUT2D eigenvalue weighted by Gasteiger charge is 1.84. The molecular formula is C5H11N5. The molecule has 0 saturated heterocycles. The SMILES string of the molecule is C/C=N\NC(=N)N/N=C\C. The van der Waals surface area contributed by atoms with Crippen molar-refractivity contribution in [2.45, 2.75) is 13.8 Å². The Morgan fingerprint density at radius 1 is 1.20 bits per heavy atom. The molecule has 0 amide bonds. The second-order valence-corrected chi connectivity index (χ2v) is 1.37. The summed E-state index contributed by atoms with van der Waals surface area (Å²) in [7, 11) is 0. The summed E-state index contributed by atoms with van der Waals surface area (Å²) in [4.78, 5) is 0. The predicted octanol–water partition coefficient (Wildman–Crippen LogP) is 0.112. The monoisotopic (exact) mass is 141 g/mol. The lowest BCUT2D eigenvalue weighted by atomic mass is 10.9. The Morgan fingerprint density at radius 2 is 1.60 bits per heavy atom. The van der Waals surface area contributed by atoms with Crippen LogP contribution in [-0.2, 0) is 0 Å². The van der Waals surface area contributed by atoms with Gasteiger partial charge in [-0.15, -0.1) is 0 Å². The molecular weight excluding hydrogens is 130 g/mol. The molecule has 0 bridgehead atoms. The molecule has 5 heteroatoms. The largest absolute Gasteiger partial charge is 0.266 e. The summed E-state index contributed by atoms with van der Waals surface area (Å²) >= 11 is 0. The molecule has 0 atom stereocenters. The van der Waals surface area contributed by atoms with Gasteiger partial charge in [-0.25, -0.2) is 10.9 Å². The minimum Gasteiger partial charge on any atom is -0.266 e. The lowest BCUT2D eigenvalue weighted by Gasteiger charge is -1.98. The molecule has 10 heavy (non-hydrogen) atoms. The summed E-state index contributed by atoms with van der Waals surface area (Å²) in [5.41, 5.74) is 4.79. The number of hydrogen-bond acceptors (Lipinski definition) is 3. The van der Waals surface area contributed by atoms with E-state index in [0.29, 0.717) is 0 Å². The fourth-order valence-electron chi connectivity index (χ4n) is 0.283. The van der Waals surface area contributed by atoms with Gasteiger partial charge in [-0.3, -0.25) is 5.41 Å². The Labute approximate surface area is 59.7 Å². The second kappa shape index (κ2) is 5.74. The van der Waals surface area contributed by atoms with Gasteiger partial charge < -0.3 is 0 Å². The van der Waals surface area contributed by atoms with Crippen LogP contribution >= 0.6 is 0 Å². The maximum atomic E-state index is 7.05. The third-order valence-electron chi connectivity index (χ3n) is 0.611. The van der Waals surface area contributed by atoms with E-state index in [2.05, 4.69) is 21.1 Å². The molecule has 0 heterocycles. The Hall–Kier alpha value is -1.39.